The molecule has 4 N–H and O–H groups in total. The van der Waals surface area contributed by atoms with Gasteiger partial charge in [-0.05, 0) is 12.1 Å². The van der Waals surface area contributed by atoms with E-state index in [1.165, 1.54) is 10.9 Å². The summed E-state index contributed by atoms with van der Waals surface area (Å²) < 4.78 is 1.48. The number of aromatic nitrogens is 3. The van der Waals surface area contributed by atoms with Gasteiger partial charge < -0.3 is 11.5 Å². The molecular formula is C9H9N5O. The molecule has 0 aliphatic rings. The van der Waals surface area contributed by atoms with Crippen LogP contribution in [0.25, 0.3) is 5.69 Å². The fourth-order valence-electron chi connectivity index (χ4n) is 1.21. The lowest BCUT2D eigenvalue weighted by Gasteiger charge is -1.97. The second-order valence-electron chi connectivity index (χ2n) is 2.94. The SMILES string of the molecule is NC(=O)c1cn(-c2ccncc2)nc1N. The number of nitrogen functional groups attached to an aromatic ring is 1. The van der Waals surface area contributed by atoms with Crippen molar-refractivity contribution < 1.29 is 4.79 Å². The van der Waals surface area contributed by atoms with Gasteiger partial charge in [0, 0.05) is 18.6 Å². The van der Waals surface area contributed by atoms with E-state index in [4.69, 9.17) is 11.5 Å². The topological polar surface area (TPSA) is 99.8 Å². The van der Waals surface area contributed by atoms with Crippen LogP contribution in [0.5, 0.6) is 0 Å². The zero-order valence-corrected chi connectivity index (χ0v) is 7.79. The van der Waals surface area contributed by atoms with Gasteiger partial charge in [0.2, 0.25) is 0 Å². The molecule has 0 unspecified atom stereocenters. The Morgan fingerprint density at radius 1 is 1.33 bits per heavy atom. The Hall–Kier alpha value is -2.37. The normalized spacial score (nSPS) is 10.1. The maximum absolute atomic E-state index is 10.9. The molecule has 0 fully saturated rings. The van der Waals surface area contributed by atoms with E-state index < -0.39 is 5.91 Å². The van der Waals surface area contributed by atoms with Crippen LogP contribution >= 0.6 is 0 Å². The second kappa shape index (κ2) is 3.41. The van der Waals surface area contributed by atoms with Gasteiger partial charge in [-0.2, -0.15) is 0 Å². The first-order valence-corrected chi connectivity index (χ1v) is 4.24. The van der Waals surface area contributed by atoms with Crippen LogP contribution in [0.15, 0.2) is 30.7 Å². The number of pyridine rings is 1. The van der Waals surface area contributed by atoms with Gasteiger partial charge in [0.05, 0.1) is 5.69 Å². The van der Waals surface area contributed by atoms with E-state index in [-0.39, 0.29) is 11.4 Å². The number of carbonyl (C=O) groups excluding carboxylic acids is 1. The third kappa shape index (κ3) is 1.64. The van der Waals surface area contributed by atoms with E-state index in [2.05, 4.69) is 10.1 Å². The fourth-order valence-corrected chi connectivity index (χ4v) is 1.21. The molecular weight excluding hydrogens is 194 g/mol. The predicted molar refractivity (Wildman–Crippen MR) is 54.3 cm³/mol. The zero-order chi connectivity index (χ0) is 10.8. The lowest BCUT2D eigenvalue weighted by Crippen LogP contribution is -2.11. The van der Waals surface area contributed by atoms with Crippen LogP contribution in [0.3, 0.4) is 0 Å². The summed E-state index contributed by atoms with van der Waals surface area (Å²) in [5.74, 6) is -0.466. The molecule has 2 rings (SSSR count). The van der Waals surface area contributed by atoms with Gasteiger partial charge in [0.1, 0.15) is 5.56 Å². The van der Waals surface area contributed by atoms with Crippen molar-refractivity contribution in [3.8, 4) is 5.69 Å². The number of anilines is 1. The number of hydrogen-bond acceptors (Lipinski definition) is 4. The number of rotatable bonds is 2. The molecule has 6 heteroatoms. The summed E-state index contributed by atoms with van der Waals surface area (Å²) in [6, 6.07) is 3.49. The van der Waals surface area contributed by atoms with Crippen molar-refractivity contribution in [2.75, 3.05) is 5.73 Å². The average molecular weight is 203 g/mol. The standard InChI is InChI=1S/C9H9N5O/c10-8-7(9(11)15)5-14(13-8)6-1-3-12-4-2-6/h1-5H,(H2,10,13)(H2,11,15). The van der Waals surface area contributed by atoms with Crippen molar-refractivity contribution in [1.29, 1.82) is 0 Å². The van der Waals surface area contributed by atoms with Gasteiger partial charge in [-0.25, -0.2) is 4.68 Å². The van der Waals surface area contributed by atoms with Crippen molar-refractivity contribution in [2.24, 2.45) is 5.73 Å². The maximum atomic E-state index is 10.9. The number of amides is 1. The highest BCUT2D eigenvalue weighted by Crippen LogP contribution is 2.12. The van der Waals surface area contributed by atoms with Crippen molar-refractivity contribution in [2.45, 2.75) is 0 Å². The monoisotopic (exact) mass is 203 g/mol. The summed E-state index contributed by atoms with van der Waals surface area (Å²) in [5.41, 5.74) is 11.6. The summed E-state index contributed by atoms with van der Waals surface area (Å²) >= 11 is 0. The highest BCUT2D eigenvalue weighted by atomic mass is 16.1. The van der Waals surface area contributed by atoms with Crippen LogP contribution in [-0.4, -0.2) is 20.7 Å². The van der Waals surface area contributed by atoms with Gasteiger partial charge in [-0.3, -0.25) is 9.78 Å². The first-order chi connectivity index (χ1) is 7.18. The second-order valence-corrected chi connectivity index (χ2v) is 2.94. The smallest absolute Gasteiger partial charge is 0.254 e. The Bertz CT molecular complexity index is 490. The van der Waals surface area contributed by atoms with Crippen molar-refractivity contribution in [3.05, 3.63) is 36.3 Å². The van der Waals surface area contributed by atoms with Crippen molar-refractivity contribution in [3.63, 3.8) is 0 Å². The Kier molecular flexibility index (Phi) is 2.09. The summed E-state index contributed by atoms with van der Waals surface area (Å²) in [4.78, 5) is 14.8. The minimum Gasteiger partial charge on any atom is -0.382 e. The molecule has 76 valence electrons. The van der Waals surface area contributed by atoms with Crippen LogP contribution in [0.4, 0.5) is 5.82 Å². The van der Waals surface area contributed by atoms with E-state index >= 15 is 0 Å². The molecule has 0 aromatic carbocycles. The summed E-state index contributed by atoms with van der Waals surface area (Å²) in [7, 11) is 0. The predicted octanol–water partition coefficient (Wildman–Crippen LogP) is -0.0516. The van der Waals surface area contributed by atoms with Gasteiger partial charge in [-0.1, -0.05) is 0 Å². The molecule has 2 heterocycles. The zero-order valence-electron chi connectivity index (χ0n) is 7.79. The fraction of sp³-hybridized carbons (Fsp3) is 0. The number of carbonyl (C=O) groups is 1. The third-order valence-electron chi connectivity index (χ3n) is 1.94. The molecule has 0 aliphatic carbocycles. The number of nitrogens with two attached hydrogens (primary N) is 2. The molecule has 0 aliphatic heterocycles. The molecule has 0 saturated heterocycles. The molecule has 0 radical (unpaired) electrons. The van der Waals surface area contributed by atoms with Gasteiger partial charge in [-0.15, -0.1) is 5.10 Å². The molecule has 0 saturated carbocycles. The third-order valence-corrected chi connectivity index (χ3v) is 1.94. The van der Waals surface area contributed by atoms with E-state index in [1.807, 2.05) is 0 Å². The summed E-state index contributed by atoms with van der Waals surface area (Å²) in [6.07, 6.45) is 4.74. The Labute approximate surface area is 85.5 Å². The maximum Gasteiger partial charge on any atom is 0.254 e. The van der Waals surface area contributed by atoms with Crippen molar-refractivity contribution in [1.82, 2.24) is 14.8 Å². The van der Waals surface area contributed by atoms with Crippen molar-refractivity contribution >= 4 is 11.7 Å². The lowest BCUT2D eigenvalue weighted by molar-refractivity contribution is 0.100. The first kappa shape index (κ1) is 9.20. The molecule has 15 heavy (non-hydrogen) atoms. The average Bonchev–Trinajstić information content (AvgIpc) is 2.62. The summed E-state index contributed by atoms with van der Waals surface area (Å²) in [6.45, 7) is 0. The molecule has 0 atom stereocenters. The molecule has 2 aromatic heterocycles. The van der Waals surface area contributed by atoms with Gasteiger partial charge in [0.25, 0.3) is 5.91 Å². The molecule has 6 nitrogen and oxygen atoms in total. The summed E-state index contributed by atoms with van der Waals surface area (Å²) in [5, 5.41) is 3.97. The highest BCUT2D eigenvalue weighted by Gasteiger charge is 2.11. The van der Waals surface area contributed by atoms with Gasteiger partial charge in [0.15, 0.2) is 5.82 Å². The van der Waals surface area contributed by atoms with E-state index in [0.29, 0.717) is 0 Å². The van der Waals surface area contributed by atoms with E-state index in [9.17, 15) is 4.79 Å². The number of primary amides is 1. The molecule has 0 bridgehead atoms. The minimum absolute atomic E-state index is 0.124. The minimum atomic E-state index is -0.590. The Balaban J connectivity index is 2.48. The van der Waals surface area contributed by atoms with Crippen LogP contribution in [-0.2, 0) is 0 Å². The van der Waals surface area contributed by atoms with E-state index in [1.54, 1.807) is 24.5 Å². The van der Waals surface area contributed by atoms with Crippen LogP contribution < -0.4 is 11.5 Å². The number of hydrogen-bond donors (Lipinski definition) is 2. The lowest BCUT2D eigenvalue weighted by atomic mass is 10.3. The van der Waals surface area contributed by atoms with Crippen LogP contribution in [0, 0.1) is 0 Å². The molecule has 1 amide bonds. The van der Waals surface area contributed by atoms with Gasteiger partial charge >= 0.3 is 0 Å². The Morgan fingerprint density at radius 2 is 2.00 bits per heavy atom. The van der Waals surface area contributed by atoms with Crippen LogP contribution in [0.2, 0.25) is 0 Å². The molecule has 0 spiro atoms. The highest BCUT2D eigenvalue weighted by molar-refractivity contribution is 5.96. The largest absolute Gasteiger partial charge is 0.382 e. The molecule has 2 aromatic rings. The van der Waals surface area contributed by atoms with Crippen LogP contribution in [0.1, 0.15) is 10.4 Å². The van der Waals surface area contributed by atoms with E-state index in [0.717, 1.165) is 5.69 Å². The Morgan fingerprint density at radius 3 is 2.53 bits per heavy atom. The first-order valence-electron chi connectivity index (χ1n) is 4.24. The number of nitrogens with zero attached hydrogens (tertiary/aromatic N) is 3. The quantitative estimate of drug-likeness (QED) is 0.714.